The molecule has 0 unspecified atom stereocenters. The van der Waals surface area contributed by atoms with Crippen LogP contribution in [0.2, 0.25) is 0 Å². The Morgan fingerprint density at radius 1 is 1.38 bits per heavy atom. The van der Waals surface area contributed by atoms with Crippen molar-refractivity contribution in [2.75, 3.05) is 32.5 Å². The molecule has 3 heteroatoms. The lowest BCUT2D eigenvalue weighted by molar-refractivity contribution is 0.254. The number of anilines is 1. The summed E-state index contributed by atoms with van der Waals surface area (Å²) in [6, 6.07) is 4.09. The fraction of sp³-hybridized carbons (Fsp3) is 0.615. The molecule has 1 N–H and O–H groups in total. The molecule has 0 aromatic carbocycles. The molecular weight excluding hydrogens is 198 g/mol. The lowest BCUT2D eigenvalue weighted by atomic mass is 9.93. The van der Waals surface area contributed by atoms with Crippen molar-refractivity contribution in [2.45, 2.75) is 20.8 Å². The fourth-order valence-corrected chi connectivity index (χ4v) is 1.87. The maximum Gasteiger partial charge on any atom is 0.126 e. The van der Waals surface area contributed by atoms with Crippen LogP contribution in [0.25, 0.3) is 0 Å². The average Bonchev–Trinajstić information content (AvgIpc) is 2.13. The highest BCUT2D eigenvalue weighted by molar-refractivity contribution is 5.37. The molecule has 1 aromatic heterocycles. The highest BCUT2D eigenvalue weighted by Gasteiger charge is 2.18. The summed E-state index contributed by atoms with van der Waals surface area (Å²) in [5.74, 6) is 0.965. The molecule has 0 bridgehead atoms. The summed E-state index contributed by atoms with van der Waals surface area (Å²) in [6.45, 7) is 8.59. The van der Waals surface area contributed by atoms with E-state index in [0.29, 0.717) is 0 Å². The molecule has 1 rings (SSSR count). The third kappa shape index (κ3) is 4.62. The van der Waals surface area contributed by atoms with E-state index >= 15 is 0 Å². The molecule has 0 saturated carbocycles. The SMILES string of the molecule is Cc1ccnc(NCC(C)(C)CN(C)C)c1. The number of pyridine rings is 1. The van der Waals surface area contributed by atoms with Gasteiger partial charge in [-0.25, -0.2) is 4.98 Å². The van der Waals surface area contributed by atoms with Gasteiger partial charge in [-0.3, -0.25) is 0 Å². The maximum atomic E-state index is 4.30. The molecule has 3 nitrogen and oxygen atoms in total. The van der Waals surface area contributed by atoms with Crippen molar-refractivity contribution >= 4 is 5.82 Å². The summed E-state index contributed by atoms with van der Waals surface area (Å²) in [5, 5.41) is 3.39. The van der Waals surface area contributed by atoms with Crippen molar-refractivity contribution in [3.05, 3.63) is 23.9 Å². The normalized spacial score (nSPS) is 11.9. The first-order chi connectivity index (χ1) is 7.39. The molecule has 16 heavy (non-hydrogen) atoms. The van der Waals surface area contributed by atoms with Gasteiger partial charge in [-0.15, -0.1) is 0 Å². The summed E-state index contributed by atoms with van der Waals surface area (Å²) >= 11 is 0. The van der Waals surface area contributed by atoms with E-state index < -0.39 is 0 Å². The molecule has 1 heterocycles. The van der Waals surface area contributed by atoms with Crippen LogP contribution in [0.15, 0.2) is 18.3 Å². The molecule has 90 valence electrons. The molecule has 0 fully saturated rings. The number of aryl methyl sites for hydroxylation is 1. The summed E-state index contributed by atoms with van der Waals surface area (Å²) in [6.07, 6.45) is 1.84. The van der Waals surface area contributed by atoms with Gasteiger partial charge >= 0.3 is 0 Å². The van der Waals surface area contributed by atoms with Gasteiger partial charge in [0.15, 0.2) is 0 Å². The Labute approximate surface area is 98.9 Å². The molecular formula is C13H23N3. The van der Waals surface area contributed by atoms with Gasteiger partial charge in [-0.05, 0) is 44.1 Å². The molecule has 0 radical (unpaired) electrons. The summed E-state index contributed by atoms with van der Waals surface area (Å²) in [7, 11) is 4.21. The minimum absolute atomic E-state index is 0.245. The Morgan fingerprint density at radius 3 is 2.62 bits per heavy atom. The number of nitrogens with one attached hydrogen (secondary N) is 1. The minimum atomic E-state index is 0.245. The number of hydrogen-bond acceptors (Lipinski definition) is 3. The van der Waals surface area contributed by atoms with E-state index in [9.17, 15) is 0 Å². The molecule has 0 saturated heterocycles. The molecule has 0 aliphatic heterocycles. The molecule has 0 atom stereocenters. The summed E-state index contributed by atoms with van der Waals surface area (Å²) in [5.41, 5.74) is 1.48. The van der Waals surface area contributed by atoms with Crippen molar-refractivity contribution in [1.29, 1.82) is 0 Å². The summed E-state index contributed by atoms with van der Waals surface area (Å²) in [4.78, 5) is 6.51. The number of rotatable bonds is 5. The lowest BCUT2D eigenvalue weighted by Gasteiger charge is -2.28. The second kappa shape index (κ2) is 5.30. The van der Waals surface area contributed by atoms with Crippen molar-refractivity contribution in [3.8, 4) is 0 Å². The van der Waals surface area contributed by atoms with Gasteiger partial charge < -0.3 is 10.2 Å². The Kier molecular flexibility index (Phi) is 4.30. The Balaban J connectivity index is 2.50. The van der Waals surface area contributed by atoms with E-state index in [2.05, 4.69) is 56.1 Å². The van der Waals surface area contributed by atoms with Crippen LogP contribution < -0.4 is 5.32 Å². The van der Waals surface area contributed by atoms with Gasteiger partial charge in [0.25, 0.3) is 0 Å². The van der Waals surface area contributed by atoms with Gasteiger partial charge in [0.2, 0.25) is 0 Å². The van der Waals surface area contributed by atoms with Crippen LogP contribution in [0.4, 0.5) is 5.82 Å². The lowest BCUT2D eigenvalue weighted by Crippen LogP contribution is -2.34. The number of hydrogen-bond donors (Lipinski definition) is 1. The monoisotopic (exact) mass is 221 g/mol. The highest BCUT2D eigenvalue weighted by Crippen LogP contribution is 2.17. The quantitative estimate of drug-likeness (QED) is 0.827. The van der Waals surface area contributed by atoms with Crippen LogP contribution in [-0.4, -0.2) is 37.1 Å². The second-order valence-electron chi connectivity index (χ2n) is 5.47. The molecule has 0 amide bonds. The maximum absolute atomic E-state index is 4.30. The zero-order valence-corrected chi connectivity index (χ0v) is 11.0. The Morgan fingerprint density at radius 2 is 2.06 bits per heavy atom. The molecule has 0 aliphatic carbocycles. The van der Waals surface area contributed by atoms with Crippen LogP contribution in [0.5, 0.6) is 0 Å². The van der Waals surface area contributed by atoms with Gasteiger partial charge in [0, 0.05) is 19.3 Å². The van der Waals surface area contributed by atoms with Gasteiger partial charge in [0.1, 0.15) is 5.82 Å². The second-order valence-corrected chi connectivity index (χ2v) is 5.47. The Bertz CT molecular complexity index is 332. The predicted octanol–water partition coefficient (Wildman–Crippen LogP) is 2.39. The van der Waals surface area contributed by atoms with Crippen molar-refractivity contribution < 1.29 is 0 Å². The predicted molar refractivity (Wildman–Crippen MR) is 69.8 cm³/mol. The summed E-state index contributed by atoms with van der Waals surface area (Å²) < 4.78 is 0. The van der Waals surface area contributed by atoms with Crippen LogP contribution in [-0.2, 0) is 0 Å². The number of nitrogens with zero attached hydrogens (tertiary/aromatic N) is 2. The van der Waals surface area contributed by atoms with Crippen LogP contribution in [0, 0.1) is 12.3 Å². The zero-order valence-electron chi connectivity index (χ0n) is 11.0. The third-order valence-electron chi connectivity index (χ3n) is 2.41. The molecule has 0 spiro atoms. The first-order valence-corrected chi connectivity index (χ1v) is 5.70. The largest absolute Gasteiger partial charge is 0.369 e. The van der Waals surface area contributed by atoms with E-state index in [-0.39, 0.29) is 5.41 Å². The van der Waals surface area contributed by atoms with Crippen molar-refractivity contribution in [2.24, 2.45) is 5.41 Å². The standard InChI is InChI=1S/C13H23N3/c1-11-6-7-14-12(8-11)15-9-13(2,3)10-16(4)5/h6-8H,9-10H2,1-5H3,(H,14,15). The fourth-order valence-electron chi connectivity index (χ4n) is 1.87. The van der Waals surface area contributed by atoms with Gasteiger partial charge in [0.05, 0.1) is 0 Å². The molecule has 0 aliphatic rings. The highest BCUT2D eigenvalue weighted by atomic mass is 15.1. The minimum Gasteiger partial charge on any atom is -0.369 e. The van der Waals surface area contributed by atoms with Gasteiger partial charge in [-0.1, -0.05) is 13.8 Å². The average molecular weight is 221 g/mol. The third-order valence-corrected chi connectivity index (χ3v) is 2.41. The zero-order chi connectivity index (χ0) is 12.2. The number of aromatic nitrogens is 1. The van der Waals surface area contributed by atoms with Crippen molar-refractivity contribution in [1.82, 2.24) is 9.88 Å². The van der Waals surface area contributed by atoms with Gasteiger partial charge in [-0.2, -0.15) is 0 Å². The van der Waals surface area contributed by atoms with Crippen LogP contribution in [0.1, 0.15) is 19.4 Å². The molecule has 1 aromatic rings. The van der Waals surface area contributed by atoms with E-state index in [1.807, 2.05) is 12.3 Å². The first-order valence-electron chi connectivity index (χ1n) is 5.70. The van der Waals surface area contributed by atoms with E-state index in [4.69, 9.17) is 0 Å². The van der Waals surface area contributed by atoms with E-state index in [1.54, 1.807) is 0 Å². The van der Waals surface area contributed by atoms with Crippen molar-refractivity contribution in [3.63, 3.8) is 0 Å². The van der Waals surface area contributed by atoms with Crippen LogP contribution >= 0.6 is 0 Å². The first kappa shape index (κ1) is 13.0. The van der Waals surface area contributed by atoms with E-state index in [1.165, 1.54) is 5.56 Å². The smallest absolute Gasteiger partial charge is 0.126 e. The topological polar surface area (TPSA) is 28.2 Å². The van der Waals surface area contributed by atoms with E-state index in [0.717, 1.165) is 18.9 Å². The van der Waals surface area contributed by atoms with Crippen LogP contribution in [0.3, 0.4) is 0 Å². The Hall–Kier alpha value is -1.09.